The highest BCUT2D eigenvalue weighted by Crippen LogP contribution is 2.32. The van der Waals surface area contributed by atoms with Gasteiger partial charge < -0.3 is 25.4 Å². The van der Waals surface area contributed by atoms with Crippen molar-refractivity contribution in [1.29, 1.82) is 0 Å². The molecule has 0 fully saturated rings. The third-order valence-corrected chi connectivity index (χ3v) is 6.10. The van der Waals surface area contributed by atoms with Crippen LogP contribution in [-0.4, -0.2) is 49.8 Å². The number of hydrogen-bond acceptors (Lipinski definition) is 5. The van der Waals surface area contributed by atoms with Crippen LogP contribution >= 0.6 is 11.6 Å². The van der Waals surface area contributed by atoms with E-state index in [1.807, 2.05) is 19.9 Å². The van der Waals surface area contributed by atoms with Gasteiger partial charge in [-0.05, 0) is 55.7 Å². The van der Waals surface area contributed by atoms with E-state index in [-0.39, 0.29) is 19.2 Å². The second kappa shape index (κ2) is 12.4. The average molecular weight is 515 g/mol. The first-order valence-corrected chi connectivity index (χ1v) is 12.0. The van der Waals surface area contributed by atoms with Crippen molar-refractivity contribution in [2.45, 2.75) is 33.2 Å². The van der Waals surface area contributed by atoms with Crippen LogP contribution in [0.1, 0.15) is 37.4 Å². The topological polar surface area (TPSA) is 109 Å². The van der Waals surface area contributed by atoms with Crippen LogP contribution in [0, 0.1) is 6.92 Å². The summed E-state index contributed by atoms with van der Waals surface area (Å²) in [4.78, 5) is 40.0. The van der Waals surface area contributed by atoms with Crippen LogP contribution in [-0.2, 0) is 14.3 Å². The van der Waals surface area contributed by atoms with Gasteiger partial charge in [0.1, 0.15) is 6.61 Å². The lowest BCUT2D eigenvalue weighted by Gasteiger charge is -2.35. The molecule has 1 aliphatic heterocycles. The number of halogens is 1. The third kappa shape index (κ3) is 6.56. The summed E-state index contributed by atoms with van der Waals surface area (Å²) in [5.74, 6) is -0.539. The molecule has 1 heterocycles. The van der Waals surface area contributed by atoms with E-state index >= 15 is 0 Å². The largest absolute Gasteiger partial charge is 0.460 e. The van der Waals surface area contributed by atoms with Gasteiger partial charge >= 0.3 is 18.0 Å². The lowest BCUT2D eigenvalue weighted by molar-refractivity contribution is -0.140. The van der Waals surface area contributed by atoms with E-state index < -0.39 is 18.0 Å². The Balaban J connectivity index is 1.85. The summed E-state index contributed by atoms with van der Waals surface area (Å²) >= 11 is 6.14. The molecule has 3 N–H and O–H groups in total. The van der Waals surface area contributed by atoms with Crippen LogP contribution < -0.4 is 16.0 Å². The summed E-state index contributed by atoms with van der Waals surface area (Å²) in [7, 11) is 1.52. The Kier molecular flexibility index (Phi) is 9.32. The van der Waals surface area contributed by atoms with Crippen LogP contribution in [0.2, 0.25) is 5.02 Å². The van der Waals surface area contributed by atoms with Crippen molar-refractivity contribution in [3.8, 4) is 0 Å². The molecular weight excluding hydrogens is 484 g/mol. The highest BCUT2D eigenvalue weighted by Gasteiger charge is 2.36. The number of benzene rings is 2. The number of rotatable bonds is 9. The summed E-state index contributed by atoms with van der Waals surface area (Å²) in [6, 6.07) is 10.7. The molecule has 0 saturated carbocycles. The number of amides is 4. The Morgan fingerprint density at radius 1 is 1.08 bits per heavy atom. The monoisotopic (exact) mass is 514 g/mol. The van der Waals surface area contributed by atoms with Gasteiger partial charge in [0.15, 0.2) is 0 Å². The zero-order valence-electron chi connectivity index (χ0n) is 20.8. The van der Waals surface area contributed by atoms with Crippen molar-refractivity contribution in [2.75, 3.05) is 37.5 Å². The maximum Gasteiger partial charge on any atom is 0.338 e. The van der Waals surface area contributed by atoms with E-state index in [2.05, 4.69) is 16.0 Å². The van der Waals surface area contributed by atoms with Crippen molar-refractivity contribution in [2.24, 2.45) is 0 Å². The molecule has 3 rings (SSSR count). The predicted octanol–water partition coefficient (Wildman–Crippen LogP) is 5.23. The van der Waals surface area contributed by atoms with Crippen molar-refractivity contribution in [3.63, 3.8) is 0 Å². The Morgan fingerprint density at radius 2 is 1.81 bits per heavy atom. The lowest BCUT2D eigenvalue weighted by Crippen LogP contribution is -2.48. The molecule has 192 valence electrons. The van der Waals surface area contributed by atoms with Crippen molar-refractivity contribution in [3.05, 3.63) is 69.9 Å². The van der Waals surface area contributed by atoms with Gasteiger partial charge in [-0.3, -0.25) is 4.90 Å². The molecule has 10 heteroatoms. The first-order chi connectivity index (χ1) is 17.2. The van der Waals surface area contributed by atoms with Crippen LogP contribution in [0.25, 0.3) is 0 Å². The number of nitrogens with one attached hydrogen (secondary N) is 3. The van der Waals surface area contributed by atoms with Gasteiger partial charge in [0, 0.05) is 35.7 Å². The van der Waals surface area contributed by atoms with E-state index in [0.29, 0.717) is 39.8 Å². The number of allylic oxidation sites excluding steroid dienone is 1. The molecule has 9 nitrogen and oxygen atoms in total. The van der Waals surface area contributed by atoms with Gasteiger partial charge in [0.25, 0.3) is 0 Å². The number of ether oxygens (including phenoxy) is 2. The fourth-order valence-corrected chi connectivity index (χ4v) is 4.02. The van der Waals surface area contributed by atoms with Gasteiger partial charge in [-0.25, -0.2) is 14.4 Å². The molecule has 0 aromatic heterocycles. The first kappa shape index (κ1) is 27.0. The SMILES string of the molecule is CCCN1C(=O)NC(c2cccc(NC(=O)Nc3ccc(C)c(Cl)c3)c2)C(C(=O)OCCOC)=C1C. The number of carbonyl (C=O) groups is 3. The number of nitrogens with zero attached hydrogens (tertiary/aromatic N) is 1. The summed E-state index contributed by atoms with van der Waals surface area (Å²) in [6.45, 7) is 6.37. The molecule has 0 aliphatic carbocycles. The molecule has 1 aliphatic rings. The molecule has 0 saturated heterocycles. The van der Waals surface area contributed by atoms with Crippen LogP contribution in [0.5, 0.6) is 0 Å². The molecule has 1 atom stereocenters. The standard InChI is InChI=1S/C26H31ClN4O5/c1-5-11-31-17(3)22(24(32)36-13-12-35-4)23(30-26(31)34)18-7-6-8-19(14-18)28-25(33)29-20-10-9-16(2)21(27)15-20/h6-10,14-15,23H,5,11-13H2,1-4H3,(H,30,34)(H2,28,29,33). The average Bonchev–Trinajstić information content (AvgIpc) is 2.84. The van der Waals surface area contributed by atoms with Crippen molar-refractivity contribution in [1.82, 2.24) is 10.2 Å². The summed E-state index contributed by atoms with van der Waals surface area (Å²) < 4.78 is 10.4. The summed E-state index contributed by atoms with van der Waals surface area (Å²) in [6.07, 6.45) is 0.724. The van der Waals surface area contributed by atoms with Crippen molar-refractivity contribution >= 4 is 41.0 Å². The summed E-state index contributed by atoms with van der Waals surface area (Å²) in [5, 5.41) is 8.97. The number of anilines is 2. The van der Waals surface area contributed by atoms with Crippen molar-refractivity contribution < 1.29 is 23.9 Å². The van der Waals surface area contributed by atoms with Gasteiger partial charge in [-0.2, -0.15) is 0 Å². The molecular formula is C26H31ClN4O5. The minimum absolute atomic E-state index is 0.0886. The van der Waals surface area contributed by atoms with Crippen LogP contribution in [0.15, 0.2) is 53.7 Å². The Hall–Kier alpha value is -3.56. The fraction of sp³-hybridized carbons (Fsp3) is 0.346. The third-order valence-electron chi connectivity index (χ3n) is 5.69. The maximum atomic E-state index is 13.0. The summed E-state index contributed by atoms with van der Waals surface area (Å²) in [5.41, 5.74) is 3.42. The number of methoxy groups -OCH3 is 1. The molecule has 2 aromatic rings. The van der Waals surface area contributed by atoms with Gasteiger partial charge in [-0.1, -0.05) is 36.7 Å². The van der Waals surface area contributed by atoms with E-state index in [0.717, 1.165) is 12.0 Å². The normalized spacial score (nSPS) is 15.4. The second-order valence-corrected chi connectivity index (χ2v) is 8.74. The van der Waals surface area contributed by atoms with Gasteiger partial charge in [0.05, 0.1) is 18.2 Å². The van der Waals surface area contributed by atoms with E-state index in [1.54, 1.807) is 43.3 Å². The fourth-order valence-electron chi connectivity index (χ4n) is 3.84. The zero-order valence-corrected chi connectivity index (χ0v) is 21.6. The number of carbonyl (C=O) groups excluding carboxylic acids is 3. The smallest absolute Gasteiger partial charge is 0.338 e. The lowest BCUT2D eigenvalue weighted by atomic mass is 9.94. The zero-order chi connectivity index (χ0) is 26.2. The molecule has 2 aromatic carbocycles. The van der Waals surface area contributed by atoms with E-state index in [1.165, 1.54) is 12.0 Å². The molecule has 1 unspecified atom stereocenters. The molecule has 0 bridgehead atoms. The van der Waals surface area contributed by atoms with Crippen LogP contribution in [0.3, 0.4) is 0 Å². The van der Waals surface area contributed by atoms with Gasteiger partial charge in [0.2, 0.25) is 0 Å². The Bertz CT molecular complexity index is 1170. The highest BCUT2D eigenvalue weighted by molar-refractivity contribution is 6.31. The Morgan fingerprint density at radius 3 is 2.47 bits per heavy atom. The predicted molar refractivity (Wildman–Crippen MR) is 139 cm³/mol. The minimum atomic E-state index is -0.749. The number of hydrogen-bond donors (Lipinski definition) is 3. The minimum Gasteiger partial charge on any atom is -0.460 e. The highest BCUT2D eigenvalue weighted by atomic mass is 35.5. The first-order valence-electron chi connectivity index (χ1n) is 11.6. The maximum absolute atomic E-state index is 13.0. The number of esters is 1. The molecule has 4 amide bonds. The Labute approximate surface area is 215 Å². The quantitative estimate of drug-likeness (QED) is 0.313. The van der Waals surface area contributed by atoms with Gasteiger partial charge in [-0.15, -0.1) is 0 Å². The van der Waals surface area contributed by atoms with E-state index in [4.69, 9.17) is 21.1 Å². The molecule has 0 spiro atoms. The molecule has 36 heavy (non-hydrogen) atoms. The van der Waals surface area contributed by atoms with Crippen LogP contribution in [0.4, 0.5) is 21.0 Å². The number of aryl methyl sites for hydroxylation is 1. The molecule has 0 radical (unpaired) electrons. The van der Waals surface area contributed by atoms with E-state index in [9.17, 15) is 14.4 Å². The number of urea groups is 2. The second-order valence-electron chi connectivity index (χ2n) is 8.33.